The molecule has 0 bridgehead atoms. The van der Waals surface area contributed by atoms with Crippen LogP contribution in [-0.2, 0) is 0 Å². The fraction of sp³-hybridized carbons (Fsp3) is 0.0526. The first-order valence-corrected chi connectivity index (χ1v) is 8.81. The Morgan fingerprint density at radius 3 is 2.75 bits per heavy atom. The number of thiazole rings is 1. The third kappa shape index (κ3) is 4.13. The summed E-state index contributed by atoms with van der Waals surface area (Å²) in [5, 5.41) is 25.4. The van der Waals surface area contributed by atoms with Gasteiger partial charge in [0.2, 0.25) is 0 Å². The van der Waals surface area contributed by atoms with Crippen LogP contribution in [0.2, 0.25) is 0 Å². The van der Waals surface area contributed by atoms with E-state index in [1.807, 2.05) is 35.7 Å². The van der Waals surface area contributed by atoms with Crippen LogP contribution in [0.4, 0.5) is 15.8 Å². The highest BCUT2D eigenvalue weighted by molar-refractivity contribution is 7.11. The van der Waals surface area contributed by atoms with Crippen molar-refractivity contribution in [3.05, 3.63) is 75.0 Å². The van der Waals surface area contributed by atoms with Crippen LogP contribution in [0.25, 0.3) is 16.8 Å². The summed E-state index contributed by atoms with van der Waals surface area (Å²) in [6.45, 7) is 0. The number of ether oxygens (including phenoxy) is 1. The van der Waals surface area contributed by atoms with Crippen molar-refractivity contribution in [2.24, 2.45) is 0 Å². The molecule has 0 atom stereocenters. The molecule has 2 aromatic carbocycles. The molecule has 0 unspecified atom stereocenters. The smallest absolute Gasteiger partial charge is 0.295 e. The zero-order valence-corrected chi connectivity index (χ0v) is 15.4. The zero-order chi connectivity index (χ0) is 20.1. The second-order valence-electron chi connectivity index (χ2n) is 5.50. The predicted molar refractivity (Wildman–Crippen MR) is 104 cm³/mol. The van der Waals surface area contributed by atoms with E-state index in [0.29, 0.717) is 10.7 Å². The van der Waals surface area contributed by atoms with Gasteiger partial charge in [-0.1, -0.05) is 0 Å². The number of anilines is 1. The van der Waals surface area contributed by atoms with Crippen LogP contribution in [0.3, 0.4) is 0 Å². The van der Waals surface area contributed by atoms with E-state index in [1.54, 1.807) is 7.11 Å². The lowest BCUT2D eigenvalue weighted by Crippen LogP contribution is -1.97. The number of nitro groups is 1. The van der Waals surface area contributed by atoms with Gasteiger partial charge in [0, 0.05) is 17.1 Å². The van der Waals surface area contributed by atoms with Crippen molar-refractivity contribution in [1.29, 1.82) is 5.26 Å². The molecule has 3 rings (SSSR count). The second-order valence-corrected chi connectivity index (χ2v) is 6.36. The van der Waals surface area contributed by atoms with Crippen molar-refractivity contribution in [3.63, 3.8) is 0 Å². The maximum atomic E-state index is 13.2. The van der Waals surface area contributed by atoms with Crippen molar-refractivity contribution in [3.8, 4) is 23.1 Å². The van der Waals surface area contributed by atoms with E-state index in [4.69, 9.17) is 4.74 Å². The number of nitrogens with zero attached hydrogens (tertiary/aromatic N) is 3. The molecule has 0 aliphatic carbocycles. The van der Waals surface area contributed by atoms with E-state index in [2.05, 4.69) is 10.3 Å². The van der Waals surface area contributed by atoms with Gasteiger partial charge < -0.3 is 10.1 Å². The van der Waals surface area contributed by atoms with E-state index in [9.17, 15) is 19.8 Å². The molecule has 140 valence electrons. The number of nitro benzene ring substituents is 1. The van der Waals surface area contributed by atoms with Crippen LogP contribution in [0.5, 0.6) is 5.75 Å². The summed E-state index contributed by atoms with van der Waals surface area (Å²) in [5.74, 6) is 0.00713. The normalized spacial score (nSPS) is 11.0. The lowest BCUT2D eigenvalue weighted by Gasteiger charge is -2.03. The van der Waals surface area contributed by atoms with E-state index in [0.717, 1.165) is 23.4 Å². The fourth-order valence-electron chi connectivity index (χ4n) is 2.36. The number of benzene rings is 2. The number of methoxy groups -OCH3 is 1. The van der Waals surface area contributed by atoms with Crippen molar-refractivity contribution in [2.45, 2.75) is 0 Å². The maximum absolute atomic E-state index is 13.2. The molecule has 0 saturated carbocycles. The van der Waals surface area contributed by atoms with Gasteiger partial charge in [-0.3, -0.25) is 10.1 Å². The third-order valence-electron chi connectivity index (χ3n) is 3.77. The minimum Gasteiger partial charge on any atom is -0.497 e. The Morgan fingerprint density at radius 1 is 1.36 bits per heavy atom. The van der Waals surface area contributed by atoms with Gasteiger partial charge in [-0.15, -0.1) is 11.3 Å². The first-order chi connectivity index (χ1) is 13.5. The molecule has 0 saturated heterocycles. The van der Waals surface area contributed by atoms with Crippen LogP contribution in [0.1, 0.15) is 5.01 Å². The van der Waals surface area contributed by atoms with Gasteiger partial charge >= 0.3 is 0 Å². The summed E-state index contributed by atoms with van der Waals surface area (Å²) in [6.07, 6.45) is 1.32. The summed E-state index contributed by atoms with van der Waals surface area (Å²) in [7, 11) is 1.58. The molecular formula is C19H13FN4O3S. The Labute approximate surface area is 163 Å². The van der Waals surface area contributed by atoms with Gasteiger partial charge in [0.25, 0.3) is 5.69 Å². The highest BCUT2D eigenvalue weighted by Crippen LogP contribution is 2.29. The number of allylic oxidation sites excluding steroid dienone is 1. The highest BCUT2D eigenvalue weighted by atomic mass is 32.1. The van der Waals surface area contributed by atoms with Gasteiger partial charge in [0.15, 0.2) is 0 Å². The lowest BCUT2D eigenvalue weighted by molar-refractivity contribution is -0.384. The molecule has 7 nitrogen and oxygen atoms in total. The minimum absolute atomic E-state index is 0.0751. The summed E-state index contributed by atoms with van der Waals surface area (Å²) in [6, 6.07) is 12.5. The number of nitrogens with one attached hydrogen (secondary N) is 1. The molecular weight excluding hydrogens is 383 g/mol. The topological polar surface area (TPSA) is 101 Å². The van der Waals surface area contributed by atoms with Gasteiger partial charge in [0.05, 0.1) is 23.8 Å². The minimum atomic E-state index is -0.717. The molecule has 1 aromatic heterocycles. The first-order valence-electron chi connectivity index (χ1n) is 7.93. The van der Waals surface area contributed by atoms with Gasteiger partial charge in [-0.05, 0) is 36.4 Å². The van der Waals surface area contributed by atoms with E-state index in [-0.39, 0.29) is 11.3 Å². The number of hydrogen-bond acceptors (Lipinski definition) is 7. The molecule has 3 aromatic rings. The Bertz CT molecular complexity index is 1090. The van der Waals surface area contributed by atoms with Crippen LogP contribution < -0.4 is 10.1 Å². The molecule has 0 fully saturated rings. The Balaban J connectivity index is 1.85. The van der Waals surface area contributed by atoms with Crippen LogP contribution in [-0.4, -0.2) is 17.0 Å². The van der Waals surface area contributed by atoms with E-state index in [1.165, 1.54) is 23.6 Å². The molecule has 0 radical (unpaired) electrons. The van der Waals surface area contributed by atoms with Crippen LogP contribution in [0.15, 0.2) is 54.0 Å². The average Bonchev–Trinajstić information content (AvgIpc) is 3.19. The molecule has 1 N–H and O–H groups in total. The number of aromatic nitrogens is 1. The van der Waals surface area contributed by atoms with Crippen molar-refractivity contribution in [1.82, 2.24) is 4.98 Å². The monoisotopic (exact) mass is 396 g/mol. The molecule has 1 heterocycles. The van der Waals surface area contributed by atoms with E-state index < -0.39 is 16.4 Å². The Kier molecular flexibility index (Phi) is 5.62. The van der Waals surface area contributed by atoms with Crippen LogP contribution in [0, 0.1) is 27.3 Å². The second kappa shape index (κ2) is 8.28. The Hall–Kier alpha value is -3.77. The Morgan fingerprint density at radius 2 is 2.11 bits per heavy atom. The van der Waals surface area contributed by atoms with Gasteiger partial charge in [0.1, 0.15) is 33.9 Å². The number of rotatable bonds is 6. The lowest BCUT2D eigenvalue weighted by atomic mass is 10.2. The number of halogens is 1. The maximum Gasteiger partial charge on any atom is 0.295 e. The summed E-state index contributed by atoms with van der Waals surface area (Å²) in [4.78, 5) is 14.8. The summed E-state index contributed by atoms with van der Waals surface area (Å²) >= 11 is 1.27. The quantitative estimate of drug-likeness (QED) is 0.363. The summed E-state index contributed by atoms with van der Waals surface area (Å²) in [5.41, 5.74) is 1.40. The standard InChI is InChI=1S/C19H13FN4O3S/c1-27-15-5-2-12(3-6-15)17-11-28-19(23-17)13(9-21)10-22-16-7-4-14(20)8-18(16)24(25)26/h2-8,10-11,22H,1H3/b13-10-. The molecule has 0 amide bonds. The first kappa shape index (κ1) is 19.0. The molecule has 0 aliphatic heterocycles. The fourth-order valence-corrected chi connectivity index (χ4v) is 3.16. The molecule has 0 spiro atoms. The predicted octanol–water partition coefficient (Wildman–Crippen LogP) is 4.84. The molecule has 9 heteroatoms. The van der Waals surface area contributed by atoms with Crippen molar-refractivity contribution < 1.29 is 14.1 Å². The number of nitriles is 1. The third-order valence-corrected chi connectivity index (χ3v) is 4.64. The largest absolute Gasteiger partial charge is 0.497 e. The van der Waals surface area contributed by atoms with Gasteiger partial charge in [-0.2, -0.15) is 5.26 Å². The summed E-state index contributed by atoms with van der Waals surface area (Å²) < 4.78 is 18.4. The van der Waals surface area contributed by atoms with Crippen LogP contribution >= 0.6 is 11.3 Å². The number of hydrogen-bond donors (Lipinski definition) is 1. The van der Waals surface area contributed by atoms with Gasteiger partial charge in [-0.25, -0.2) is 9.37 Å². The van der Waals surface area contributed by atoms with Crippen molar-refractivity contribution in [2.75, 3.05) is 12.4 Å². The highest BCUT2D eigenvalue weighted by Gasteiger charge is 2.15. The van der Waals surface area contributed by atoms with E-state index >= 15 is 0 Å². The van der Waals surface area contributed by atoms with Crippen molar-refractivity contribution >= 4 is 28.3 Å². The zero-order valence-electron chi connectivity index (χ0n) is 14.5. The SMILES string of the molecule is COc1ccc(-c2csc(/C(C#N)=C\Nc3ccc(F)cc3[N+](=O)[O-])n2)cc1. The average molecular weight is 396 g/mol. The molecule has 28 heavy (non-hydrogen) atoms. The molecule has 0 aliphatic rings.